The van der Waals surface area contributed by atoms with Crippen LogP contribution in [0.15, 0.2) is 36.4 Å². The van der Waals surface area contributed by atoms with Gasteiger partial charge in [-0.25, -0.2) is 18.6 Å². The molecule has 1 fully saturated rings. The lowest BCUT2D eigenvalue weighted by Crippen LogP contribution is -2.39. The standard InChI is InChI=1S/C23H23F2N3O4S/c1-31-22(30)16-5-3-15(4-6-16)21(29)28(8-2-7-27-9-11-32-12-10-27)23-26-20-18(25)13-17(24)14-19(20)33-23/h3-6,13-14H,2,7-12H2,1H3. The number of ether oxygens (including phenoxy) is 2. The molecule has 0 unspecified atom stereocenters. The van der Waals surface area contributed by atoms with E-state index in [0.29, 0.717) is 47.1 Å². The van der Waals surface area contributed by atoms with Crippen LogP contribution < -0.4 is 4.90 Å². The Bertz CT molecular complexity index is 1150. The van der Waals surface area contributed by atoms with Crippen molar-refractivity contribution in [3.63, 3.8) is 0 Å². The van der Waals surface area contributed by atoms with Gasteiger partial charge in [-0.2, -0.15) is 0 Å². The van der Waals surface area contributed by atoms with Crippen LogP contribution in [0.3, 0.4) is 0 Å². The van der Waals surface area contributed by atoms with Crippen LogP contribution >= 0.6 is 11.3 Å². The molecule has 0 bridgehead atoms. The molecule has 1 aromatic heterocycles. The molecule has 1 aliphatic heterocycles. The van der Waals surface area contributed by atoms with Gasteiger partial charge in [0.15, 0.2) is 10.9 Å². The zero-order chi connectivity index (χ0) is 23.4. The third-order valence-electron chi connectivity index (χ3n) is 5.39. The molecule has 0 saturated carbocycles. The van der Waals surface area contributed by atoms with Crippen molar-refractivity contribution in [2.75, 3.05) is 51.4 Å². The minimum absolute atomic E-state index is 0.0309. The van der Waals surface area contributed by atoms with Crippen LogP contribution in [0.25, 0.3) is 10.2 Å². The van der Waals surface area contributed by atoms with Crippen molar-refractivity contribution in [2.24, 2.45) is 0 Å². The lowest BCUT2D eigenvalue weighted by molar-refractivity contribution is 0.0376. The van der Waals surface area contributed by atoms with Crippen LogP contribution in [-0.2, 0) is 9.47 Å². The second-order valence-corrected chi connectivity index (χ2v) is 8.57. The number of fused-ring (bicyclic) bond motifs is 1. The van der Waals surface area contributed by atoms with Crippen LogP contribution in [0.2, 0.25) is 0 Å². The second kappa shape index (κ2) is 10.3. The number of hydrogen-bond acceptors (Lipinski definition) is 7. The van der Waals surface area contributed by atoms with Gasteiger partial charge in [-0.3, -0.25) is 14.6 Å². The molecule has 7 nitrogen and oxygen atoms in total. The summed E-state index contributed by atoms with van der Waals surface area (Å²) >= 11 is 1.06. The van der Waals surface area contributed by atoms with Crippen molar-refractivity contribution in [1.82, 2.24) is 9.88 Å². The fourth-order valence-electron chi connectivity index (χ4n) is 3.64. The number of amides is 1. The maximum absolute atomic E-state index is 14.2. The first-order valence-electron chi connectivity index (χ1n) is 10.5. The Morgan fingerprint density at radius 1 is 1.15 bits per heavy atom. The average molecular weight is 476 g/mol. The minimum atomic E-state index is -0.768. The van der Waals surface area contributed by atoms with Crippen molar-refractivity contribution in [3.8, 4) is 0 Å². The summed E-state index contributed by atoms with van der Waals surface area (Å²) in [6, 6.07) is 8.09. The fourth-order valence-corrected chi connectivity index (χ4v) is 4.67. The van der Waals surface area contributed by atoms with Crippen molar-refractivity contribution in [2.45, 2.75) is 6.42 Å². The molecule has 0 radical (unpaired) electrons. The Kier molecular flexibility index (Phi) is 7.26. The number of benzene rings is 2. The van der Waals surface area contributed by atoms with Crippen molar-refractivity contribution in [1.29, 1.82) is 0 Å². The van der Waals surface area contributed by atoms with Gasteiger partial charge in [0.1, 0.15) is 11.3 Å². The Morgan fingerprint density at radius 3 is 2.55 bits per heavy atom. The molecule has 0 spiro atoms. The molecule has 4 rings (SSSR count). The molecule has 0 N–H and O–H groups in total. The molecular formula is C23H23F2N3O4S. The molecule has 1 aliphatic rings. The zero-order valence-corrected chi connectivity index (χ0v) is 18.9. The van der Waals surface area contributed by atoms with E-state index < -0.39 is 17.6 Å². The van der Waals surface area contributed by atoms with E-state index >= 15 is 0 Å². The largest absolute Gasteiger partial charge is 0.465 e. The summed E-state index contributed by atoms with van der Waals surface area (Å²) in [7, 11) is 1.28. The van der Waals surface area contributed by atoms with Crippen molar-refractivity contribution >= 4 is 38.6 Å². The quantitative estimate of drug-likeness (QED) is 0.485. The summed E-state index contributed by atoms with van der Waals surface area (Å²) in [5.74, 6) is -2.30. The number of methoxy groups -OCH3 is 1. The first kappa shape index (κ1) is 23.2. The third kappa shape index (κ3) is 5.35. The molecular weight excluding hydrogens is 452 g/mol. The van der Waals surface area contributed by atoms with Crippen LogP contribution in [0, 0.1) is 11.6 Å². The number of esters is 1. The van der Waals surface area contributed by atoms with E-state index in [0.717, 1.165) is 37.0 Å². The van der Waals surface area contributed by atoms with E-state index in [1.807, 2.05) is 0 Å². The van der Waals surface area contributed by atoms with Gasteiger partial charge in [-0.05, 0) is 36.8 Å². The molecule has 2 aromatic carbocycles. The molecule has 3 aromatic rings. The highest BCUT2D eigenvalue weighted by Crippen LogP contribution is 2.32. The second-order valence-electron chi connectivity index (χ2n) is 7.56. The first-order chi connectivity index (χ1) is 16.0. The molecule has 33 heavy (non-hydrogen) atoms. The number of carbonyl (C=O) groups is 2. The van der Waals surface area contributed by atoms with Crippen LogP contribution in [0.1, 0.15) is 27.1 Å². The van der Waals surface area contributed by atoms with Crippen LogP contribution in [0.4, 0.5) is 13.9 Å². The van der Waals surface area contributed by atoms with Crippen LogP contribution in [0.5, 0.6) is 0 Å². The molecule has 174 valence electrons. The molecule has 0 aliphatic carbocycles. The predicted molar refractivity (Wildman–Crippen MR) is 121 cm³/mol. The van der Waals surface area contributed by atoms with E-state index in [4.69, 9.17) is 9.47 Å². The van der Waals surface area contributed by atoms with Gasteiger partial charge in [-0.15, -0.1) is 0 Å². The highest BCUT2D eigenvalue weighted by molar-refractivity contribution is 7.22. The van der Waals surface area contributed by atoms with Gasteiger partial charge in [0.2, 0.25) is 0 Å². The SMILES string of the molecule is COC(=O)c1ccc(C(=O)N(CCCN2CCOCC2)c2nc3c(F)cc(F)cc3s2)cc1. The van der Waals surface area contributed by atoms with E-state index in [1.165, 1.54) is 42.3 Å². The van der Waals surface area contributed by atoms with Crippen molar-refractivity contribution < 1.29 is 27.8 Å². The average Bonchev–Trinajstić information content (AvgIpc) is 3.25. The number of aromatic nitrogens is 1. The molecule has 1 saturated heterocycles. The smallest absolute Gasteiger partial charge is 0.337 e. The molecule has 0 atom stereocenters. The van der Waals surface area contributed by atoms with E-state index in [-0.39, 0.29) is 11.4 Å². The summed E-state index contributed by atoms with van der Waals surface area (Å²) in [5, 5.41) is 0.290. The predicted octanol–water partition coefficient (Wildman–Crippen LogP) is 3.73. The normalized spacial score (nSPS) is 14.4. The van der Waals surface area contributed by atoms with E-state index in [2.05, 4.69) is 9.88 Å². The lowest BCUT2D eigenvalue weighted by atomic mass is 10.1. The number of halogens is 2. The maximum Gasteiger partial charge on any atom is 0.337 e. The molecule has 1 amide bonds. The van der Waals surface area contributed by atoms with Gasteiger partial charge in [-0.1, -0.05) is 11.3 Å². The Balaban J connectivity index is 1.59. The van der Waals surface area contributed by atoms with Crippen molar-refractivity contribution in [3.05, 3.63) is 59.2 Å². The number of thiazole rings is 1. The van der Waals surface area contributed by atoms with E-state index in [9.17, 15) is 18.4 Å². The molecule has 10 heteroatoms. The zero-order valence-electron chi connectivity index (χ0n) is 18.1. The van der Waals surface area contributed by atoms with Gasteiger partial charge in [0.05, 0.1) is 30.6 Å². The Labute approximate surface area is 193 Å². The molecule has 2 heterocycles. The third-order valence-corrected chi connectivity index (χ3v) is 6.42. The monoisotopic (exact) mass is 475 g/mol. The summed E-state index contributed by atoms with van der Waals surface area (Å²) in [6.07, 6.45) is 0.665. The summed E-state index contributed by atoms with van der Waals surface area (Å²) in [6.45, 7) is 4.13. The minimum Gasteiger partial charge on any atom is -0.465 e. The lowest BCUT2D eigenvalue weighted by Gasteiger charge is -2.27. The first-order valence-corrected chi connectivity index (χ1v) is 11.3. The highest BCUT2D eigenvalue weighted by atomic mass is 32.1. The topological polar surface area (TPSA) is 72.0 Å². The van der Waals surface area contributed by atoms with Gasteiger partial charge >= 0.3 is 5.97 Å². The number of rotatable bonds is 7. The Morgan fingerprint density at radius 2 is 1.85 bits per heavy atom. The summed E-state index contributed by atoms with van der Waals surface area (Å²) < 4.78 is 38.3. The van der Waals surface area contributed by atoms with Gasteiger partial charge < -0.3 is 9.47 Å². The van der Waals surface area contributed by atoms with Crippen LogP contribution in [-0.4, -0.2) is 68.3 Å². The fraction of sp³-hybridized carbons (Fsp3) is 0.348. The number of nitrogens with zero attached hydrogens (tertiary/aromatic N) is 3. The van der Waals surface area contributed by atoms with Gasteiger partial charge in [0.25, 0.3) is 5.91 Å². The number of morpholine rings is 1. The number of carbonyl (C=O) groups excluding carboxylic acids is 2. The summed E-state index contributed by atoms with van der Waals surface area (Å²) in [4.78, 5) is 33.1. The number of hydrogen-bond donors (Lipinski definition) is 0. The summed E-state index contributed by atoms with van der Waals surface area (Å²) in [5.41, 5.74) is 0.703. The van der Waals surface area contributed by atoms with Gasteiger partial charge in [0, 0.05) is 37.8 Å². The van der Waals surface area contributed by atoms with E-state index in [1.54, 1.807) is 0 Å². The highest BCUT2D eigenvalue weighted by Gasteiger charge is 2.23. The Hall–Kier alpha value is -2.95. The maximum atomic E-state index is 14.2. The number of anilines is 1.